The lowest BCUT2D eigenvalue weighted by atomic mass is 9.90. The Morgan fingerprint density at radius 1 is 0.978 bits per heavy atom. The van der Waals surface area contributed by atoms with E-state index < -0.39 is 11.8 Å². The molecule has 3 aromatic carbocycles. The zero-order valence-corrected chi connectivity index (χ0v) is 25.1. The second-order valence-corrected chi connectivity index (χ2v) is 10.6. The number of aryl methyl sites for hydroxylation is 1. The zero-order valence-electron chi connectivity index (χ0n) is 25.1. The predicted molar refractivity (Wildman–Crippen MR) is 164 cm³/mol. The van der Waals surface area contributed by atoms with Crippen molar-refractivity contribution in [3.63, 3.8) is 0 Å². The van der Waals surface area contributed by atoms with Crippen molar-refractivity contribution < 1.29 is 32.7 Å². The molecule has 0 radical (unpaired) electrons. The molecule has 0 fully saturated rings. The molecule has 0 bridgehead atoms. The highest BCUT2D eigenvalue weighted by Crippen LogP contribution is 2.31. The molecule has 2 aromatic heterocycles. The summed E-state index contributed by atoms with van der Waals surface area (Å²) in [6.07, 6.45) is 1.21. The van der Waals surface area contributed by atoms with Crippen LogP contribution in [0.2, 0.25) is 0 Å². The number of oxime groups is 1. The van der Waals surface area contributed by atoms with Crippen LogP contribution in [0.1, 0.15) is 59.7 Å². The van der Waals surface area contributed by atoms with Crippen LogP contribution in [0, 0.1) is 12.8 Å². The molecule has 1 unspecified atom stereocenters. The number of ether oxygens (including phenoxy) is 2. The fourth-order valence-corrected chi connectivity index (χ4v) is 5.39. The quantitative estimate of drug-likeness (QED) is 0.137. The number of benzene rings is 3. The van der Waals surface area contributed by atoms with Gasteiger partial charge in [0.25, 0.3) is 6.01 Å². The van der Waals surface area contributed by atoms with Gasteiger partial charge in [0.2, 0.25) is 0 Å². The highest BCUT2D eigenvalue weighted by Gasteiger charge is 2.28. The first kappa shape index (κ1) is 29.6. The number of imidazole rings is 1. The molecule has 1 aliphatic rings. The molecule has 1 aliphatic heterocycles. The maximum atomic E-state index is 13.3. The maximum Gasteiger partial charge on any atom is 0.519 e. The number of esters is 1. The van der Waals surface area contributed by atoms with Crippen molar-refractivity contribution in [2.45, 2.75) is 46.8 Å². The van der Waals surface area contributed by atoms with Gasteiger partial charge in [-0.15, -0.1) is 0 Å². The van der Waals surface area contributed by atoms with Crippen LogP contribution >= 0.6 is 0 Å². The van der Waals surface area contributed by atoms with Crippen LogP contribution in [0.15, 0.2) is 85.5 Å². The first-order valence-corrected chi connectivity index (χ1v) is 14.7. The molecule has 11 nitrogen and oxygen atoms in total. The number of rotatable bonds is 10. The number of aromatic nitrogens is 2. The molecule has 0 aliphatic carbocycles. The molecule has 0 saturated heterocycles. The van der Waals surface area contributed by atoms with Gasteiger partial charge in [-0.25, -0.2) is 14.4 Å². The summed E-state index contributed by atoms with van der Waals surface area (Å²) in [5.41, 5.74) is 6.00. The van der Waals surface area contributed by atoms with Crippen LogP contribution in [0.4, 0.5) is 0 Å². The highest BCUT2D eigenvalue weighted by molar-refractivity contribution is 6.08. The SMILES string of the molecule is CCOc1nc2cccc(C(=O)OCc3oc(=O)oc3C)c2n1Cc1ccc(-c2ccccc2C2=NOC(=O)C(CC)C2)cc1. The van der Waals surface area contributed by atoms with E-state index in [4.69, 9.17) is 23.1 Å². The van der Waals surface area contributed by atoms with Crippen molar-refractivity contribution in [3.05, 3.63) is 106 Å². The lowest BCUT2D eigenvalue weighted by molar-refractivity contribution is -0.149. The number of carbonyl (C=O) groups excluding carboxylic acids is 2. The van der Waals surface area contributed by atoms with Crippen LogP contribution in [0.3, 0.4) is 0 Å². The average Bonchev–Trinajstić information content (AvgIpc) is 3.57. The highest BCUT2D eigenvalue weighted by atomic mass is 16.7. The van der Waals surface area contributed by atoms with Gasteiger partial charge in [0.15, 0.2) is 18.1 Å². The minimum Gasteiger partial charge on any atom is -0.465 e. The van der Waals surface area contributed by atoms with Gasteiger partial charge >= 0.3 is 17.8 Å². The topological polar surface area (TPSA) is 135 Å². The molecule has 1 atom stereocenters. The Morgan fingerprint density at radius 3 is 2.47 bits per heavy atom. The molecule has 0 amide bonds. The number of hydrogen-bond acceptors (Lipinski definition) is 10. The molecular weight excluding hydrogens is 578 g/mol. The van der Waals surface area contributed by atoms with Gasteiger partial charge in [-0.2, -0.15) is 4.98 Å². The molecule has 5 aromatic rings. The van der Waals surface area contributed by atoms with Crippen LogP contribution in [0.25, 0.3) is 22.2 Å². The third kappa shape index (κ3) is 6.01. The second-order valence-electron chi connectivity index (χ2n) is 10.6. The van der Waals surface area contributed by atoms with Crippen molar-refractivity contribution >= 4 is 28.7 Å². The van der Waals surface area contributed by atoms with E-state index in [1.165, 1.54) is 0 Å². The van der Waals surface area contributed by atoms with Crippen LogP contribution in [-0.2, 0) is 27.5 Å². The summed E-state index contributed by atoms with van der Waals surface area (Å²) in [7, 11) is 0. The maximum absolute atomic E-state index is 13.3. The van der Waals surface area contributed by atoms with E-state index in [1.807, 2.05) is 66.9 Å². The fraction of sp³-hybridized carbons (Fsp3) is 0.265. The Morgan fingerprint density at radius 2 is 1.76 bits per heavy atom. The van der Waals surface area contributed by atoms with Gasteiger partial charge in [-0.1, -0.05) is 66.7 Å². The number of carbonyl (C=O) groups is 2. The summed E-state index contributed by atoms with van der Waals surface area (Å²) in [5.74, 6) is -1.57. The average molecular weight is 610 g/mol. The van der Waals surface area contributed by atoms with Crippen molar-refractivity contribution in [1.82, 2.24) is 9.55 Å². The first-order valence-electron chi connectivity index (χ1n) is 14.7. The molecule has 230 valence electrons. The summed E-state index contributed by atoms with van der Waals surface area (Å²) >= 11 is 0. The normalized spacial score (nSPS) is 14.7. The van der Waals surface area contributed by atoms with Crippen molar-refractivity contribution in [2.24, 2.45) is 11.1 Å². The van der Waals surface area contributed by atoms with Crippen molar-refractivity contribution in [3.8, 4) is 17.1 Å². The van der Waals surface area contributed by atoms with Gasteiger partial charge < -0.3 is 23.1 Å². The number of hydrogen-bond donors (Lipinski definition) is 0. The molecule has 0 N–H and O–H groups in total. The van der Waals surface area contributed by atoms with Gasteiger partial charge in [0.1, 0.15) is 0 Å². The van der Waals surface area contributed by atoms with Crippen LogP contribution in [-0.4, -0.2) is 33.8 Å². The van der Waals surface area contributed by atoms with E-state index in [0.717, 1.165) is 28.0 Å². The molecule has 11 heteroatoms. The smallest absolute Gasteiger partial charge is 0.465 e. The lowest BCUT2D eigenvalue weighted by Gasteiger charge is -2.20. The molecular formula is C34H31N3O8. The first-order chi connectivity index (χ1) is 21.9. The fourth-order valence-electron chi connectivity index (χ4n) is 5.39. The summed E-state index contributed by atoms with van der Waals surface area (Å²) in [4.78, 5) is 46.4. The van der Waals surface area contributed by atoms with Gasteiger partial charge in [0.05, 0.1) is 41.4 Å². The van der Waals surface area contributed by atoms with E-state index >= 15 is 0 Å². The molecule has 0 saturated carbocycles. The third-order valence-corrected chi connectivity index (χ3v) is 7.75. The summed E-state index contributed by atoms with van der Waals surface area (Å²) in [6, 6.07) is 21.5. The Labute approximate surface area is 258 Å². The summed E-state index contributed by atoms with van der Waals surface area (Å²) in [6.45, 7) is 5.89. The van der Waals surface area contributed by atoms with Crippen molar-refractivity contribution in [2.75, 3.05) is 6.61 Å². The lowest BCUT2D eigenvalue weighted by Crippen LogP contribution is -2.25. The Bertz CT molecular complexity index is 1970. The van der Waals surface area contributed by atoms with E-state index in [1.54, 1.807) is 25.1 Å². The van der Waals surface area contributed by atoms with Crippen LogP contribution in [0.5, 0.6) is 6.01 Å². The number of nitrogens with zero attached hydrogens (tertiary/aromatic N) is 3. The second kappa shape index (κ2) is 12.7. The number of para-hydroxylation sites is 1. The van der Waals surface area contributed by atoms with E-state index in [9.17, 15) is 14.4 Å². The third-order valence-electron chi connectivity index (χ3n) is 7.75. The van der Waals surface area contributed by atoms with Gasteiger partial charge in [-0.3, -0.25) is 4.57 Å². The van der Waals surface area contributed by atoms with Crippen LogP contribution < -0.4 is 10.6 Å². The molecule has 45 heavy (non-hydrogen) atoms. The Kier molecular flexibility index (Phi) is 8.33. The van der Waals surface area contributed by atoms with Crippen molar-refractivity contribution in [1.29, 1.82) is 0 Å². The van der Waals surface area contributed by atoms with E-state index in [2.05, 4.69) is 10.1 Å². The molecule has 0 spiro atoms. The van der Waals surface area contributed by atoms with E-state index in [-0.39, 0.29) is 30.0 Å². The minimum absolute atomic E-state index is 0.146. The summed E-state index contributed by atoms with van der Waals surface area (Å²) < 4.78 is 23.0. The number of fused-ring (bicyclic) bond motifs is 1. The standard InChI is InChI=1S/C34H31N3O8/c1-4-22-17-28(36-45-31(22)38)25-10-7-6-9-24(25)23-15-13-21(14-16-23)18-37-30-26(11-8-12-27(30)35-33(37)41-5-2)32(39)42-19-29-20(3)43-34(40)44-29/h6-16,22H,4-5,17-19H2,1-3H3. The Hall–Kier alpha value is -5.45. The van der Waals surface area contributed by atoms with E-state index in [0.29, 0.717) is 48.6 Å². The minimum atomic E-state index is -0.854. The molecule has 3 heterocycles. The predicted octanol–water partition coefficient (Wildman–Crippen LogP) is 6.04. The largest absolute Gasteiger partial charge is 0.519 e. The monoisotopic (exact) mass is 609 g/mol. The Balaban J connectivity index is 1.29. The van der Waals surface area contributed by atoms with Gasteiger partial charge in [0, 0.05) is 12.0 Å². The molecule has 6 rings (SSSR count). The van der Waals surface area contributed by atoms with Gasteiger partial charge in [-0.05, 0) is 49.1 Å². The summed E-state index contributed by atoms with van der Waals surface area (Å²) in [5, 5.41) is 4.13. The zero-order chi connectivity index (χ0) is 31.5.